The molecule has 0 radical (unpaired) electrons. The van der Waals surface area contributed by atoms with Crippen molar-refractivity contribution in [3.8, 4) is 0 Å². The predicted octanol–water partition coefficient (Wildman–Crippen LogP) is 5.88. The van der Waals surface area contributed by atoms with Gasteiger partial charge in [0.15, 0.2) is 0 Å². The van der Waals surface area contributed by atoms with E-state index in [1.165, 1.54) is 37.6 Å². The van der Waals surface area contributed by atoms with Crippen LogP contribution >= 0.6 is 34.4 Å². The van der Waals surface area contributed by atoms with Crippen molar-refractivity contribution in [3.63, 3.8) is 0 Å². The highest BCUT2D eigenvalue weighted by atomic mass is 32.2. The molecule has 2 heterocycles. The van der Waals surface area contributed by atoms with Gasteiger partial charge in [-0.1, -0.05) is 20.8 Å². The Kier molecular flexibility index (Phi) is 6.26. The highest BCUT2D eigenvalue weighted by Gasteiger charge is 2.17. The topological polar surface area (TPSA) is 25.8 Å². The molecule has 2 aromatic rings. The molecule has 0 aliphatic rings. The second-order valence-corrected chi connectivity index (χ2v) is 8.80. The van der Waals surface area contributed by atoms with Gasteiger partial charge >= 0.3 is 0 Å². The molecular formula is C16H24N2S3. The van der Waals surface area contributed by atoms with Gasteiger partial charge < -0.3 is 0 Å². The standard InChI is InChI=1S/C16H24N2S3/c1-6-13-18-12(4)15(20-13)10(2)7-8-11(3)16-17-9-14(19-5)21-16/h9-11H,6-8H2,1-5H3. The molecule has 0 saturated carbocycles. The Hall–Kier alpha value is -0.390. The Morgan fingerprint density at radius 1 is 1.19 bits per heavy atom. The molecule has 0 N–H and O–H groups in total. The van der Waals surface area contributed by atoms with E-state index in [1.54, 1.807) is 11.8 Å². The molecule has 0 spiro atoms. The molecule has 0 fully saturated rings. The van der Waals surface area contributed by atoms with Crippen molar-refractivity contribution in [1.29, 1.82) is 0 Å². The zero-order chi connectivity index (χ0) is 15.4. The van der Waals surface area contributed by atoms with Crippen LogP contribution in [0.15, 0.2) is 10.4 Å². The molecule has 0 aromatic carbocycles. The first-order chi connectivity index (χ1) is 10.0. The van der Waals surface area contributed by atoms with Crippen molar-refractivity contribution >= 4 is 34.4 Å². The summed E-state index contributed by atoms with van der Waals surface area (Å²) in [6, 6.07) is 0. The van der Waals surface area contributed by atoms with Crippen LogP contribution in [-0.4, -0.2) is 16.2 Å². The molecule has 5 heteroatoms. The lowest BCUT2D eigenvalue weighted by Crippen LogP contribution is -1.98. The summed E-state index contributed by atoms with van der Waals surface area (Å²) in [5.74, 6) is 1.16. The zero-order valence-electron chi connectivity index (χ0n) is 13.5. The first-order valence-corrected chi connectivity index (χ1v) is 10.4. The lowest BCUT2D eigenvalue weighted by Gasteiger charge is -2.13. The summed E-state index contributed by atoms with van der Waals surface area (Å²) in [5.41, 5.74) is 1.23. The van der Waals surface area contributed by atoms with Crippen LogP contribution in [0.4, 0.5) is 0 Å². The third kappa shape index (κ3) is 4.30. The fourth-order valence-corrected chi connectivity index (χ4v) is 5.00. The Labute approximate surface area is 140 Å². The van der Waals surface area contributed by atoms with E-state index in [1.807, 2.05) is 28.9 Å². The normalized spacial score (nSPS) is 14.3. The van der Waals surface area contributed by atoms with Crippen LogP contribution in [0.5, 0.6) is 0 Å². The maximum atomic E-state index is 4.66. The number of thioether (sulfide) groups is 1. The molecule has 2 aromatic heterocycles. The summed E-state index contributed by atoms with van der Waals surface area (Å²) in [4.78, 5) is 10.7. The third-order valence-corrected chi connectivity index (χ3v) is 7.60. The van der Waals surface area contributed by atoms with Gasteiger partial charge in [0.1, 0.15) is 0 Å². The van der Waals surface area contributed by atoms with Gasteiger partial charge in [-0.05, 0) is 38.4 Å². The van der Waals surface area contributed by atoms with Gasteiger partial charge in [-0.15, -0.1) is 34.4 Å². The second-order valence-electron chi connectivity index (χ2n) is 5.51. The van der Waals surface area contributed by atoms with Crippen LogP contribution in [-0.2, 0) is 6.42 Å². The first-order valence-electron chi connectivity index (χ1n) is 7.51. The molecule has 2 unspecified atom stereocenters. The van der Waals surface area contributed by atoms with E-state index in [2.05, 4.69) is 43.9 Å². The van der Waals surface area contributed by atoms with Gasteiger partial charge in [-0.25, -0.2) is 9.97 Å². The van der Waals surface area contributed by atoms with Crippen LogP contribution in [0.2, 0.25) is 0 Å². The van der Waals surface area contributed by atoms with Crippen LogP contribution in [0.1, 0.15) is 66.0 Å². The van der Waals surface area contributed by atoms with Crippen LogP contribution in [0.3, 0.4) is 0 Å². The number of aromatic nitrogens is 2. The first kappa shape index (κ1) is 17.0. The summed E-state index contributed by atoms with van der Waals surface area (Å²) < 4.78 is 1.32. The molecule has 21 heavy (non-hydrogen) atoms. The van der Waals surface area contributed by atoms with Gasteiger partial charge in [-0.2, -0.15) is 0 Å². The SMILES string of the molecule is CCc1nc(C)c(C(C)CCC(C)c2ncc(SC)s2)s1. The Bertz CT molecular complexity index is 574. The van der Waals surface area contributed by atoms with Gasteiger partial charge in [0, 0.05) is 10.8 Å². The molecule has 0 aliphatic heterocycles. The molecule has 2 atom stereocenters. The van der Waals surface area contributed by atoms with E-state index in [-0.39, 0.29) is 0 Å². The van der Waals surface area contributed by atoms with Crippen molar-refractivity contribution in [2.24, 2.45) is 0 Å². The average Bonchev–Trinajstić information content (AvgIpc) is 3.10. The van der Waals surface area contributed by atoms with Gasteiger partial charge in [0.2, 0.25) is 0 Å². The Morgan fingerprint density at radius 2 is 1.90 bits per heavy atom. The predicted molar refractivity (Wildman–Crippen MR) is 96.2 cm³/mol. The highest BCUT2D eigenvalue weighted by molar-refractivity contribution is 8.00. The number of hydrogen-bond acceptors (Lipinski definition) is 5. The minimum Gasteiger partial charge on any atom is -0.248 e. The minimum absolute atomic E-state index is 0.553. The lowest BCUT2D eigenvalue weighted by molar-refractivity contribution is 0.575. The third-order valence-electron chi connectivity index (χ3n) is 3.78. The Balaban J connectivity index is 1.93. The smallest absolute Gasteiger partial charge is 0.0964 e. The van der Waals surface area contributed by atoms with E-state index in [0.717, 1.165) is 6.42 Å². The largest absolute Gasteiger partial charge is 0.248 e. The molecule has 2 rings (SSSR count). The Morgan fingerprint density at radius 3 is 2.48 bits per heavy atom. The van der Waals surface area contributed by atoms with Crippen molar-refractivity contribution in [2.45, 2.75) is 63.0 Å². The monoisotopic (exact) mass is 340 g/mol. The van der Waals surface area contributed by atoms with E-state index in [9.17, 15) is 0 Å². The molecule has 0 saturated heterocycles. The quantitative estimate of drug-likeness (QED) is 0.589. The van der Waals surface area contributed by atoms with Crippen LogP contribution in [0, 0.1) is 6.92 Å². The number of nitrogens with zero attached hydrogens (tertiary/aromatic N) is 2. The fraction of sp³-hybridized carbons (Fsp3) is 0.625. The lowest BCUT2D eigenvalue weighted by atomic mass is 9.97. The summed E-state index contributed by atoms with van der Waals surface area (Å²) in [5, 5.41) is 2.55. The summed E-state index contributed by atoms with van der Waals surface area (Å²) in [6.07, 6.45) is 7.57. The number of hydrogen-bond donors (Lipinski definition) is 0. The fourth-order valence-electron chi connectivity index (χ4n) is 2.42. The number of rotatable bonds is 7. The van der Waals surface area contributed by atoms with E-state index in [0.29, 0.717) is 11.8 Å². The molecule has 0 aliphatic carbocycles. The van der Waals surface area contributed by atoms with Gasteiger partial charge in [0.05, 0.1) is 26.1 Å². The summed E-state index contributed by atoms with van der Waals surface area (Å²) in [7, 11) is 0. The van der Waals surface area contributed by atoms with Crippen molar-refractivity contribution in [1.82, 2.24) is 9.97 Å². The van der Waals surface area contributed by atoms with Crippen molar-refractivity contribution in [2.75, 3.05) is 6.26 Å². The van der Waals surface area contributed by atoms with E-state index in [4.69, 9.17) is 0 Å². The zero-order valence-corrected chi connectivity index (χ0v) is 15.9. The summed E-state index contributed by atoms with van der Waals surface area (Å²) in [6.45, 7) is 8.96. The highest BCUT2D eigenvalue weighted by Crippen LogP contribution is 2.34. The molecular weight excluding hydrogens is 316 g/mol. The van der Waals surface area contributed by atoms with Crippen molar-refractivity contribution in [3.05, 3.63) is 26.8 Å². The van der Waals surface area contributed by atoms with E-state index < -0.39 is 0 Å². The average molecular weight is 341 g/mol. The maximum Gasteiger partial charge on any atom is 0.0964 e. The summed E-state index contributed by atoms with van der Waals surface area (Å²) >= 11 is 5.52. The number of thiazole rings is 2. The maximum absolute atomic E-state index is 4.66. The number of aryl methyl sites for hydroxylation is 2. The molecule has 116 valence electrons. The molecule has 0 bridgehead atoms. The van der Waals surface area contributed by atoms with Crippen LogP contribution in [0.25, 0.3) is 0 Å². The van der Waals surface area contributed by atoms with Crippen LogP contribution < -0.4 is 0 Å². The van der Waals surface area contributed by atoms with E-state index >= 15 is 0 Å². The van der Waals surface area contributed by atoms with Gasteiger partial charge in [0.25, 0.3) is 0 Å². The van der Waals surface area contributed by atoms with Crippen molar-refractivity contribution < 1.29 is 0 Å². The molecule has 0 amide bonds. The molecule has 2 nitrogen and oxygen atoms in total. The van der Waals surface area contributed by atoms with Gasteiger partial charge in [-0.3, -0.25) is 0 Å². The minimum atomic E-state index is 0.553. The second kappa shape index (κ2) is 7.75.